The van der Waals surface area contributed by atoms with Gasteiger partial charge in [-0.1, -0.05) is 13.8 Å². The smallest absolute Gasteiger partial charge is 0.0661 e. The van der Waals surface area contributed by atoms with Crippen molar-refractivity contribution in [1.29, 1.82) is 0 Å². The quantitative estimate of drug-likeness (QED) is 0.754. The molecular formula is C11H18N2O. The zero-order valence-corrected chi connectivity index (χ0v) is 8.83. The van der Waals surface area contributed by atoms with Gasteiger partial charge in [-0.3, -0.25) is 4.98 Å². The summed E-state index contributed by atoms with van der Waals surface area (Å²) in [7, 11) is 0. The maximum absolute atomic E-state index is 9.36. The minimum atomic E-state index is -0.193. The lowest BCUT2D eigenvalue weighted by atomic mass is 9.93. The van der Waals surface area contributed by atoms with Crippen molar-refractivity contribution in [2.24, 2.45) is 0 Å². The number of nitrogens with one attached hydrogen (secondary N) is 1. The van der Waals surface area contributed by atoms with E-state index >= 15 is 0 Å². The van der Waals surface area contributed by atoms with Crippen molar-refractivity contribution in [2.75, 3.05) is 11.9 Å². The van der Waals surface area contributed by atoms with Crippen LogP contribution in [0.5, 0.6) is 0 Å². The second kappa shape index (κ2) is 4.96. The monoisotopic (exact) mass is 194 g/mol. The largest absolute Gasteiger partial charge is 0.394 e. The fourth-order valence-corrected chi connectivity index (χ4v) is 1.43. The summed E-state index contributed by atoms with van der Waals surface area (Å²) in [5.41, 5.74) is 0.819. The van der Waals surface area contributed by atoms with E-state index in [1.165, 1.54) is 0 Å². The van der Waals surface area contributed by atoms with Crippen LogP contribution < -0.4 is 5.32 Å². The standard InChI is InChI=1S/C11H18N2O/c1-3-11(4-2,9-14)13-10-5-7-12-8-6-10/h5-8,14H,3-4,9H2,1-2H3,(H,12,13). The van der Waals surface area contributed by atoms with E-state index in [0.717, 1.165) is 18.5 Å². The van der Waals surface area contributed by atoms with Crippen LogP contribution in [0.15, 0.2) is 24.5 Å². The average Bonchev–Trinajstić information content (AvgIpc) is 2.28. The van der Waals surface area contributed by atoms with Gasteiger partial charge in [0.25, 0.3) is 0 Å². The molecule has 1 heterocycles. The van der Waals surface area contributed by atoms with Crippen LogP contribution in [-0.4, -0.2) is 22.2 Å². The molecule has 0 fully saturated rings. The molecule has 14 heavy (non-hydrogen) atoms. The van der Waals surface area contributed by atoms with Crippen LogP contribution in [0.2, 0.25) is 0 Å². The van der Waals surface area contributed by atoms with E-state index in [1.54, 1.807) is 12.4 Å². The molecule has 0 aliphatic heterocycles. The molecule has 0 atom stereocenters. The van der Waals surface area contributed by atoms with Gasteiger partial charge in [-0.25, -0.2) is 0 Å². The number of aliphatic hydroxyl groups excluding tert-OH is 1. The van der Waals surface area contributed by atoms with Crippen molar-refractivity contribution in [3.63, 3.8) is 0 Å². The molecule has 78 valence electrons. The lowest BCUT2D eigenvalue weighted by molar-refractivity contribution is 0.202. The summed E-state index contributed by atoms with van der Waals surface area (Å²) in [4.78, 5) is 3.95. The molecule has 2 N–H and O–H groups in total. The Labute approximate surface area is 85.2 Å². The fraction of sp³-hybridized carbons (Fsp3) is 0.545. The molecule has 0 saturated heterocycles. The minimum Gasteiger partial charge on any atom is -0.394 e. The van der Waals surface area contributed by atoms with Gasteiger partial charge in [-0.2, -0.15) is 0 Å². The van der Waals surface area contributed by atoms with E-state index in [9.17, 15) is 5.11 Å². The molecular weight excluding hydrogens is 176 g/mol. The van der Waals surface area contributed by atoms with Crippen LogP contribution in [0.25, 0.3) is 0 Å². The molecule has 1 rings (SSSR count). The first kappa shape index (κ1) is 11.0. The normalized spacial score (nSPS) is 11.4. The third-order valence-electron chi connectivity index (χ3n) is 2.75. The molecule has 0 saturated carbocycles. The highest BCUT2D eigenvalue weighted by molar-refractivity contribution is 5.43. The van der Waals surface area contributed by atoms with Crippen LogP contribution in [0, 0.1) is 0 Å². The topological polar surface area (TPSA) is 45.1 Å². The summed E-state index contributed by atoms with van der Waals surface area (Å²) in [6, 6.07) is 3.82. The molecule has 0 unspecified atom stereocenters. The van der Waals surface area contributed by atoms with Crippen LogP contribution in [0.1, 0.15) is 26.7 Å². The zero-order valence-electron chi connectivity index (χ0n) is 8.83. The Hall–Kier alpha value is -1.09. The first-order valence-corrected chi connectivity index (χ1v) is 5.05. The molecule has 0 bridgehead atoms. The van der Waals surface area contributed by atoms with Crippen molar-refractivity contribution in [1.82, 2.24) is 4.98 Å². The number of anilines is 1. The van der Waals surface area contributed by atoms with Crippen LogP contribution in [0.4, 0.5) is 5.69 Å². The fourth-order valence-electron chi connectivity index (χ4n) is 1.43. The van der Waals surface area contributed by atoms with E-state index in [-0.39, 0.29) is 12.1 Å². The van der Waals surface area contributed by atoms with Crippen molar-refractivity contribution < 1.29 is 5.11 Å². The Kier molecular flexibility index (Phi) is 3.89. The average molecular weight is 194 g/mol. The third-order valence-corrected chi connectivity index (χ3v) is 2.75. The number of aliphatic hydroxyl groups is 1. The first-order valence-electron chi connectivity index (χ1n) is 5.05. The Bertz CT molecular complexity index is 249. The predicted octanol–water partition coefficient (Wildman–Crippen LogP) is 2.04. The number of hydrogen-bond acceptors (Lipinski definition) is 3. The molecule has 3 heteroatoms. The summed E-state index contributed by atoms with van der Waals surface area (Å²) >= 11 is 0. The second-order valence-corrected chi connectivity index (χ2v) is 3.51. The molecule has 0 radical (unpaired) electrons. The van der Waals surface area contributed by atoms with E-state index in [2.05, 4.69) is 24.1 Å². The zero-order chi connectivity index (χ0) is 10.4. The summed E-state index contributed by atoms with van der Waals surface area (Å²) in [5.74, 6) is 0. The molecule has 0 aromatic carbocycles. The molecule has 0 aliphatic carbocycles. The first-order chi connectivity index (χ1) is 6.76. The van der Waals surface area contributed by atoms with E-state index in [4.69, 9.17) is 0 Å². The Morgan fingerprint density at radius 3 is 2.29 bits per heavy atom. The van der Waals surface area contributed by atoms with Gasteiger partial charge >= 0.3 is 0 Å². The maximum atomic E-state index is 9.36. The molecule has 0 aliphatic rings. The van der Waals surface area contributed by atoms with E-state index in [0.29, 0.717) is 0 Å². The second-order valence-electron chi connectivity index (χ2n) is 3.51. The van der Waals surface area contributed by atoms with Crippen molar-refractivity contribution in [2.45, 2.75) is 32.2 Å². The van der Waals surface area contributed by atoms with E-state index < -0.39 is 0 Å². The van der Waals surface area contributed by atoms with Gasteiger partial charge in [-0.05, 0) is 25.0 Å². The summed E-state index contributed by atoms with van der Waals surface area (Å²) in [6.07, 6.45) is 5.30. The molecule has 1 aromatic rings. The highest BCUT2D eigenvalue weighted by atomic mass is 16.3. The minimum absolute atomic E-state index is 0.155. The Balaban J connectivity index is 2.74. The van der Waals surface area contributed by atoms with Gasteiger partial charge < -0.3 is 10.4 Å². The molecule has 0 amide bonds. The number of pyridine rings is 1. The number of hydrogen-bond donors (Lipinski definition) is 2. The van der Waals surface area contributed by atoms with Crippen molar-refractivity contribution in [3.8, 4) is 0 Å². The number of rotatable bonds is 5. The lowest BCUT2D eigenvalue weighted by Gasteiger charge is -2.31. The van der Waals surface area contributed by atoms with Gasteiger partial charge in [0.1, 0.15) is 0 Å². The number of aromatic nitrogens is 1. The Morgan fingerprint density at radius 1 is 1.29 bits per heavy atom. The summed E-state index contributed by atoms with van der Waals surface area (Å²) in [5, 5.41) is 12.7. The van der Waals surface area contributed by atoms with Crippen molar-refractivity contribution >= 4 is 5.69 Å². The third kappa shape index (κ3) is 2.45. The highest BCUT2D eigenvalue weighted by Gasteiger charge is 2.24. The van der Waals surface area contributed by atoms with Crippen molar-refractivity contribution in [3.05, 3.63) is 24.5 Å². The Morgan fingerprint density at radius 2 is 1.86 bits per heavy atom. The summed E-state index contributed by atoms with van der Waals surface area (Å²) < 4.78 is 0. The van der Waals surface area contributed by atoms with Crippen LogP contribution in [0.3, 0.4) is 0 Å². The summed E-state index contributed by atoms with van der Waals surface area (Å²) in [6.45, 7) is 4.31. The van der Waals surface area contributed by atoms with Crippen LogP contribution in [-0.2, 0) is 0 Å². The van der Waals surface area contributed by atoms with Gasteiger partial charge in [0.15, 0.2) is 0 Å². The highest BCUT2D eigenvalue weighted by Crippen LogP contribution is 2.20. The number of nitrogens with zero attached hydrogens (tertiary/aromatic N) is 1. The van der Waals surface area contributed by atoms with E-state index in [1.807, 2.05) is 12.1 Å². The molecule has 3 nitrogen and oxygen atoms in total. The van der Waals surface area contributed by atoms with Gasteiger partial charge in [0.2, 0.25) is 0 Å². The maximum Gasteiger partial charge on any atom is 0.0661 e. The van der Waals surface area contributed by atoms with Gasteiger partial charge in [0.05, 0.1) is 12.1 Å². The lowest BCUT2D eigenvalue weighted by Crippen LogP contribution is -2.40. The SMILES string of the molecule is CCC(CC)(CO)Nc1ccncc1. The molecule has 1 aromatic heterocycles. The predicted molar refractivity (Wildman–Crippen MR) is 58.3 cm³/mol. The van der Waals surface area contributed by atoms with Gasteiger partial charge in [-0.15, -0.1) is 0 Å². The molecule has 0 spiro atoms. The van der Waals surface area contributed by atoms with Gasteiger partial charge in [0, 0.05) is 18.1 Å². The van der Waals surface area contributed by atoms with Crippen LogP contribution >= 0.6 is 0 Å².